The van der Waals surface area contributed by atoms with E-state index in [2.05, 4.69) is 57.0 Å². The Labute approximate surface area is 273 Å². The van der Waals surface area contributed by atoms with Crippen molar-refractivity contribution in [2.45, 2.75) is 139 Å². The maximum Gasteiger partial charge on any atom is 0.408 e. The van der Waals surface area contributed by atoms with Crippen LogP contribution in [0.4, 0.5) is 4.79 Å². The summed E-state index contributed by atoms with van der Waals surface area (Å²) in [4.78, 5) is 31.6. The van der Waals surface area contributed by atoms with Gasteiger partial charge in [-0.05, 0) is 121 Å². The monoisotopic (exact) mass is 620 g/mol. The van der Waals surface area contributed by atoms with E-state index >= 15 is 0 Å². The second kappa shape index (κ2) is 17.4. The molecule has 0 radical (unpaired) electrons. The van der Waals surface area contributed by atoms with Crippen LogP contribution in [-0.4, -0.2) is 58.3 Å². The SMILES string of the molecule is CC/C=C(/C=C1/C(=O)N(C(/C=C\C=C(/C)C(=N)CCC)=C(C)CC)C/C1=C(/C)C(CC)NC(=O)OC(C)(C)C)N1CCCC1C. The summed E-state index contributed by atoms with van der Waals surface area (Å²) in [6, 6.07) is 0.140. The van der Waals surface area contributed by atoms with Gasteiger partial charge in [0.2, 0.25) is 0 Å². The van der Waals surface area contributed by atoms with Crippen LogP contribution in [0.5, 0.6) is 0 Å². The van der Waals surface area contributed by atoms with Crippen molar-refractivity contribution in [2.75, 3.05) is 13.1 Å². The zero-order chi connectivity index (χ0) is 33.9. The average molecular weight is 621 g/mol. The molecule has 2 heterocycles. The van der Waals surface area contributed by atoms with Gasteiger partial charge in [0.05, 0.1) is 12.6 Å². The molecule has 2 unspecified atom stereocenters. The lowest BCUT2D eigenvalue weighted by Gasteiger charge is -2.26. The van der Waals surface area contributed by atoms with Gasteiger partial charge in [0.25, 0.3) is 5.91 Å². The second-order valence-corrected chi connectivity index (χ2v) is 13.4. The third-order valence-electron chi connectivity index (χ3n) is 8.64. The molecule has 0 bridgehead atoms. The van der Waals surface area contributed by atoms with E-state index in [1.165, 1.54) is 0 Å². The van der Waals surface area contributed by atoms with Gasteiger partial charge in [-0.1, -0.05) is 52.3 Å². The lowest BCUT2D eigenvalue weighted by molar-refractivity contribution is -0.123. The van der Waals surface area contributed by atoms with Crippen molar-refractivity contribution < 1.29 is 14.3 Å². The summed E-state index contributed by atoms with van der Waals surface area (Å²) in [5.41, 5.74) is 6.65. The fourth-order valence-corrected chi connectivity index (χ4v) is 5.85. The zero-order valence-electron chi connectivity index (χ0n) is 30.0. The van der Waals surface area contributed by atoms with Crippen LogP contribution in [0.3, 0.4) is 0 Å². The second-order valence-electron chi connectivity index (χ2n) is 13.4. The molecule has 2 rings (SSSR count). The van der Waals surface area contributed by atoms with E-state index < -0.39 is 11.7 Å². The minimum absolute atomic E-state index is 0.0304. The molecule has 2 fully saturated rings. The lowest BCUT2D eigenvalue weighted by atomic mass is 9.95. The molecule has 0 aromatic heterocycles. The third kappa shape index (κ3) is 10.6. The van der Waals surface area contributed by atoms with E-state index in [1.807, 2.05) is 64.7 Å². The Morgan fingerprint density at radius 3 is 2.38 bits per heavy atom. The number of likely N-dealkylation sites (tertiary alicyclic amines) is 2. The minimum atomic E-state index is -0.605. The standard InChI is InChI=1S/C38H60N4O3/c1-12-18-30(41-23-17-21-28(41)7)24-31-32(29(8)34(15-4)40-37(44)45-38(9,10)11)25-42(36(31)43)35(26(5)14-3)22-16-20-27(6)33(39)19-13-2/h16,18,20,22,24,28,34,39H,12-15,17,19,21,23,25H2,1-11H3,(H,40,44)/b22-16-,27-20+,30-18-,31-24+,32-29+,35-26?,39-33?. The van der Waals surface area contributed by atoms with E-state index in [1.54, 1.807) is 0 Å². The number of nitrogens with one attached hydrogen (secondary N) is 2. The highest BCUT2D eigenvalue weighted by atomic mass is 16.6. The highest BCUT2D eigenvalue weighted by Crippen LogP contribution is 2.35. The van der Waals surface area contributed by atoms with E-state index in [4.69, 9.17) is 10.1 Å². The number of hydrogen-bond acceptors (Lipinski definition) is 5. The van der Waals surface area contributed by atoms with Crippen LogP contribution in [0.1, 0.15) is 121 Å². The quantitative estimate of drug-likeness (QED) is 0.122. The molecule has 2 aliphatic rings. The summed E-state index contributed by atoms with van der Waals surface area (Å²) in [6.45, 7) is 23.7. The number of amides is 2. The molecule has 7 heteroatoms. The van der Waals surface area contributed by atoms with Gasteiger partial charge < -0.3 is 25.3 Å². The van der Waals surface area contributed by atoms with Crippen molar-refractivity contribution in [3.05, 3.63) is 69.6 Å². The first-order chi connectivity index (χ1) is 21.2. The molecule has 0 aromatic rings. The largest absolute Gasteiger partial charge is 0.444 e. The lowest BCUT2D eigenvalue weighted by Crippen LogP contribution is -2.40. The maximum atomic E-state index is 14.5. The molecule has 2 amide bonds. The summed E-state index contributed by atoms with van der Waals surface area (Å²) in [5.74, 6) is -0.0304. The third-order valence-corrected chi connectivity index (χ3v) is 8.64. The average Bonchev–Trinajstić information content (AvgIpc) is 3.54. The summed E-state index contributed by atoms with van der Waals surface area (Å²) in [5, 5.41) is 11.4. The molecule has 0 spiro atoms. The number of hydrogen-bond donors (Lipinski definition) is 2. The number of allylic oxidation sites excluding steroid dienone is 7. The highest BCUT2D eigenvalue weighted by Gasteiger charge is 2.36. The van der Waals surface area contributed by atoms with E-state index in [0.717, 1.165) is 78.8 Å². The topological polar surface area (TPSA) is 85.7 Å². The Morgan fingerprint density at radius 2 is 1.84 bits per heavy atom. The van der Waals surface area contributed by atoms with Crippen molar-refractivity contribution in [3.8, 4) is 0 Å². The fraction of sp³-hybridized carbons (Fsp3) is 0.605. The van der Waals surface area contributed by atoms with Crippen LogP contribution in [0.25, 0.3) is 0 Å². The number of rotatable bonds is 13. The normalized spacial score (nSPS) is 21.5. The first kappa shape index (κ1) is 37.8. The van der Waals surface area contributed by atoms with Crippen molar-refractivity contribution in [3.63, 3.8) is 0 Å². The summed E-state index contributed by atoms with van der Waals surface area (Å²) in [6.07, 6.45) is 16.1. The predicted octanol–water partition coefficient (Wildman–Crippen LogP) is 9.16. The molecule has 250 valence electrons. The van der Waals surface area contributed by atoms with Crippen LogP contribution >= 0.6 is 0 Å². The molecular formula is C38H60N4O3. The van der Waals surface area contributed by atoms with E-state index in [0.29, 0.717) is 30.3 Å². The molecule has 0 aromatic carbocycles. The van der Waals surface area contributed by atoms with Crippen molar-refractivity contribution in [2.24, 2.45) is 0 Å². The predicted molar refractivity (Wildman–Crippen MR) is 188 cm³/mol. The number of ether oxygens (including phenoxy) is 1. The first-order valence-corrected chi connectivity index (χ1v) is 17.0. The molecule has 2 aliphatic heterocycles. The number of carbonyl (C=O) groups is 2. The number of carbonyl (C=O) groups excluding carboxylic acids is 2. The first-order valence-electron chi connectivity index (χ1n) is 17.0. The Bertz CT molecular complexity index is 1270. The van der Waals surface area contributed by atoms with Gasteiger partial charge in [0.1, 0.15) is 5.60 Å². The smallest absolute Gasteiger partial charge is 0.408 e. The molecule has 2 N–H and O–H groups in total. The van der Waals surface area contributed by atoms with Gasteiger partial charge >= 0.3 is 6.09 Å². The summed E-state index contributed by atoms with van der Waals surface area (Å²) in [7, 11) is 0. The summed E-state index contributed by atoms with van der Waals surface area (Å²) >= 11 is 0. The Morgan fingerprint density at radius 1 is 1.16 bits per heavy atom. The Hall–Kier alpha value is -3.35. The molecule has 2 atom stereocenters. The van der Waals surface area contributed by atoms with Crippen LogP contribution in [0.15, 0.2) is 69.6 Å². The van der Waals surface area contributed by atoms with E-state index in [9.17, 15) is 9.59 Å². The van der Waals surface area contributed by atoms with Gasteiger partial charge in [-0.25, -0.2) is 4.79 Å². The Kier molecular flexibility index (Phi) is 14.6. The van der Waals surface area contributed by atoms with Gasteiger partial charge in [0, 0.05) is 35.3 Å². The van der Waals surface area contributed by atoms with E-state index in [-0.39, 0.29) is 11.9 Å². The molecular weight excluding hydrogens is 560 g/mol. The van der Waals surface area contributed by atoms with Crippen molar-refractivity contribution in [1.29, 1.82) is 5.41 Å². The highest BCUT2D eigenvalue weighted by molar-refractivity contribution is 6.03. The van der Waals surface area contributed by atoms with Crippen LogP contribution in [0, 0.1) is 5.41 Å². The molecule has 0 saturated carbocycles. The Balaban J connectivity index is 2.69. The molecule has 7 nitrogen and oxygen atoms in total. The van der Waals surface area contributed by atoms with Gasteiger partial charge in [-0.15, -0.1) is 0 Å². The number of alkyl carbamates (subject to hydrolysis) is 1. The van der Waals surface area contributed by atoms with Crippen LogP contribution < -0.4 is 5.32 Å². The molecule has 2 saturated heterocycles. The number of nitrogens with zero attached hydrogens (tertiary/aromatic N) is 2. The van der Waals surface area contributed by atoms with Crippen molar-refractivity contribution >= 4 is 17.7 Å². The molecule has 0 aliphatic carbocycles. The zero-order valence-corrected chi connectivity index (χ0v) is 30.0. The summed E-state index contributed by atoms with van der Waals surface area (Å²) < 4.78 is 5.59. The van der Waals surface area contributed by atoms with Gasteiger partial charge in [-0.2, -0.15) is 0 Å². The van der Waals surface area contributed by atoms with Gasteiger partial charge in [-0.3, -0.25) is 4.79 Å². The minimum Gasteiger partial charge on any atom is -0.444 e. The van der Waals surface area contributed by atoms with Gasteiger partial charge in [0.15, 0.2) is 0 Å². The van der Waals surface area contributed by atoms with Crippen LogP contribution in [0.2, 0.25) is 0 Å². The maximum absolute atomic E-state index is 14.5. The fourth-order valence-electron chi connectivity index (χ4n) is 5.85. The van der Waals surface area contributed by atoms with Crippen LogP contribution in [-0.2, 0) is 9.53 Å². The molecule has 45 heavy (non-hydrogen) atoms. The van der Waals surface area contributed by atoms with Crippen molar-refractivity contribution in [1.82, 2.24) is 15.1 Å².